The summed E-state index contributed by atoms with van der Waals surface area (Å²) < 4.78 is 5.17. The van der Waals surface area contributed by atoms with Gasteiger partial charge in [-0.2, -0.15) is 0 Å². The van der Waals surface area contributed by atoms with Crippen molar-refractivity contribution in [3.8, 4) is 17.1 Å². The Kier molecular flexibility index (Phi) is 3.11. The number of fused-ring (bicyclic) bond motifs is 1. The molecule has 0 aliphatic rings. The lowest BCUT2D eigenvalue weighted by Crippen LogP contribution is -1.94. The van der Waals surface area contributed by atoms with Crippen molar-refractivity contribution in [2.75, 3.05) is 7.11 Å². The van der Waals surface area contributed by atoms with Crippen molar-refractivity contribution >= 4 is 10.9 Å². The van der Waals surface area contributed by atoms with Crippen molar-refractivity contribution < 1.29 is 4.74 Å². The first-order valence-corrected chi connectivity index (χ1v) is 6.57. The summed E-state index contributed by atoms with van der Waals surface area (Å²) in [6, 6.07) is 14.1. The van der Waals surface area contributed by atoms with Crippen LogP contribution in [0.2, 0.25) is 0 Å². The van der Waals surface area contributed by atoms with E-state index in [1.807, 2.05) is 37.3 Å². The minimum absolute atomic E-state index is 0.751. The van der Waals surface area contributed by atoms with E-state index < -0.39 is 0 Å². The van der Waals surface area contributed by atoms with Crippen LogP contribution in [0.3, 0.4) is 0 Å². The maximum absolute atomic E-state index is 5.17. The lowest BCUT2D eigenvalue weighted by Gasteiger charge is -2.07. The van der Waals surface area contributed by atoms with E-state index >= 15 is 0 Å². The van der Waals surface area contributed by atoms with E-state index in [-0.39, 0.29) is 0 Å². The lowest BCUT2D eigenvalue weighted by atomic mass is 10.1. The number of nitrogens with zero attached hydrogens (tertiary/aromatic N) is 2. The molecule has 3 aromatic rings. The van der Waals surface area contributed by atoms with E-state index in [0.29, 0.717) is 0 Å². The van der Waals surface area contributed by atoms with Crippen LogP contribution in [-0.4, -0.2) is 17.1 Å². The molecule has 0 bridgehead atoms. The highest BCUT2D eigenvalue weighted by Crippen LogP contribution is 2.23. The third-order valence-electron chi connectivity index (χ3n) is 3.39. The molecule has 0 fully saturated rings. The summed E-state index contributed by atoms with van der Waals surface area (Å²) in [5.74, 6) is 1.59. The molecule has 0 saturated heterocycles. The number of rotatable bonds is 2. The number of ether oxygens (including phenoxy) is 1. The Hall–Kier alpha value is -2.42. The standard InChI is InChI=1S/C17H16N2O/c1-11-4-9-16-15(10-11)12(2)18-17(19-16)13-5-7-14(20-3)8-6-13/h4-10H,1-3H3. The van der Waals surface area contributed by atoms with Crippen LogP contribution in [0.15, 0.2) is 42.5 Å². The summed E-state index contributed by atoms with van der Waals surface area (Å²) in [6.07, 6.45) is 0. The molecule has 1 aromatic heterocycles. The predicted molar refractivity (Wildman–Crippen MR) is 81.0 cm³/mol. The Balaban J connectivity index is 2.14. The molecule has 0 aliphatic carbocycles. The fourth-order valence-corrected chi connectivity index (χ4v) is 2.26. The van der Waals surface area contributed by atoms with E-state index in [1.165, 1.54) is 5.56 Å². The number of benzene rings is 2. The molecule has 1 heterocycles. The molecule has 3 nitrogen and oxygen atoms in total. The van der Waals surface area contributed by atoms with Gasteiger partial charge in [-0.25, -0.2) is 9.97 Å². The summed E-state index contributed by atoms with van der Waals surface area (Å²) in [5, 5.41) is 1.11. The quantitative estimate of drug-likeness (QED) is 0.703. The Morgan fingerprint density at radius 2 is 1.65 bits per heavy atom. The minimum atomic E-state index is 0.751. The number of hydrogen-bond acceptors (Lipinski definition) is 3. The van der Waals surface area contributed by atoms with Gasteiger partial charge >= 0.3 is 0 Å². The fourth-order valence-electron chi connectivity index (χ4n) is 2.26. The van der Waals surface area contributed by atoms with Crippen LogP contribution in [-0.2, 0) is 0 Å². The number of aryl methyl sites for hydroxylation is 2. The van der Waals surface area contributed by atoms with Crippen LogP contribution < -0.4 is 4.74 Å². The van der Waals surface area contributed by atoms with Gasteiger partial charge in [0, 0.05) is 16.6 Å². The molecule has 20 heavy (non-hydrogen) atoms. The van der Waals surface area contributed by atoms with Crippen molar-refractivity contribution in [2.24, 2.45) is 0 Å². The van der Waals surface area contributed by atoms with Crippen LogP contribution >= 0.6 is 0 Å². The average Bonchev–Trinajstić information content (AvgIpc) is 2.48. The first kappa shape index (κ1) is 12.6. The smallest absolute Gasteiger partial charge is 0.160 e. The molecule has 100 valence electrons. The summed E-state index contributed by atoms with van der Waals surface area (Å²) in [5.41, 5.74) is 4.20. The van der Waals surface area contributed by atoms with Gasteiger partial charge in [0.15, 0.2) is 5.82 Å². The normalized spacial score (nSPS) is 10.8. The van der Waals surface area contributed by atoms with Gasteiger partial charge in [-0.05, 0) is 50.2 Å². The highest BCUT2D eigenvalue weighted by atomic mass is 16.5. The van der Waals surface area contributed by atoms with Crippen molar-refractivity contribution in [3.63, 3.8) is 0 Å². The zero-order valence-corrected chi connectivity index (χ0v) is 11.8. The number of hydrogen-bond donors (Lipinski definition) is 0. The van der Waals surface area contributed by atoms with E-state index in [4.69, 9.17) is 4.74 Å². The molecule has 3 heteroatoms. The van der Waals surface area contributed by atoms with Crippen molar-refractivity contribution in [2.45, 2.75) is 13.8 Å². The maximum atomic E-state index is 5.17. The van der Waals surface area contributed by atoms with Crippen molar-refractivity contribution in [3.05, 3.63) is 53.7 Å². The van der Waals surface area contributed by atoms with Gasteiger partial charge in [0.2, 0.25) is 0 Å². The van der Waals surface area contributed by atoms with Crippen molar-refractivity contribution in [1.82, 2.24) is 9.97 Å². The molecule has 2 aromatic carbocycles. The Morgan fingerprint density at radius 1 is 0.900 bits per heavy atom. The zero-order valence-electron chi connectivity index (χ0n) is 11.8. The molecular formula is C17H16N2O. The first-order valence-electron chi connectivity index (χ1n) is 6.57. The Morgan fingerprint density at radius 3 is 2.35 bits per heavy atom. The topological polar surface area (TPSA) is 35.0 Å². The number of methoxy groups -OCH3 is 1. The third-order valence-corrected chi connectivity index (χ3v) is 3.39. The first-order chi connectivity index (χ1) is 9.67. The summed E-state index contributed by atoms with van der Waals surface area (Å²) >= 11 is 0. The molecule has 0 N–H and O–H groups in total. The second kappa shape index (κ2) is 4.93. The molecule has 0 aliphatic heterocycles. The second-order valence-corrected chi connectivity index (χ2v) is 4.88. The minimum Gasteiger partial charge on any atom is -0.497 e. The predicted octanol–water partition coefficient (Wildman–Crippen LogP) is 3.92. The van der Waals surface area contributed by atoms with E-state index in [2.05, 4.69) is 29.0 Å². The summed E-state index contributed by atoms with van der Waals surface area (Å²) in [7, 11) is 1.66. The van der Waals surface area contributed by atoms with Gasteiger partial charge in [-0.15, -0.1) is 0 Å². The van der Waals surface area contributed by atoms with Gasteiger partial charge in [-0.3, -0.25) is 0 Å². The van der Waals surface area contributed by atoms with Crippen LogP contribution in [0.5, 0.6) is 5.75 Å². The SMILES string of the molecule is COc1ccc(-c2nc(C)c3cc(C)ccc3n2)cc1. The average molecular weight is 264 g/mol. The molecule has 0 saturated carbocycles. The largest absolute Gasteiger partial charge is 0.497 e. The van der Waals surface area contributed by atoms with Crippen LogP contribution in [0.25, 0.3) is 22.3 Å². The van der Waals surface area contributed by atoms with Gasteiger partial charge in [0.05, 0.1) is 12.6 Å². The van der Waals surface area contributed by atoms with Gasteiger partial charge in [0.25, 0.3) is 0 Å². The number of aromatic nitrogens is 2. The Labute approximate surface area is 118 Å². The van der Waals surface area contributed by atoms with Crippen molar-refractivity contribution in [1.29, 1.82) is 0 Å². The highest BCUT2D eigenvalue weighted by molar-refractivity contribution is 5.83. The maximum Gasteiger partial charge on any atom is 0.160 e. The molecule has 3 rings (SSSR count). The van der Waals surface area contributed by atoms with Crippen LogP contribution in [0.1, 0.15) is 11.3 Å². The van der Waals surface area contributed by atoms with Gasteiger partial charge < -0.3 is 4.74 Å². The van der Waals surface area contributed by atoms with Gasteiger partial charge in [-0.1, -0.05) is 11.6 Å². The van der Waals surface area contributed by atoms with Crippen LogP contribution in [0, 0.1) is 13.8 Å². The highest BCUT2D eigenvalue weighted by Gasteiger charge is 2.07. The van der Waals surface area contributed by atoms with E-state index in [0.717, 1.165) is 33.7 Å². The third kappa shape index (κ3) is 2.23. The molecule has 0 amide bonds. The van der Waals surface area contributed by atoms with Crippen LogP contribution in [0.4, 0.5) is 0 Å². The summed E-state index contributed by atoms with van der Waals surface area (Å²) in [4.78, 5) is 9.27. The summed E-state index contributed by atoms with van der Waals surface area (Å²) in [6.45, 7) is 4.10. The molecule has 0 spiro atoms. The van der Waals surface area contributed by atoms with Gasteiger partial charge in [0.1, 0.15) is 5.75 Å². The zero-order chi connectivity index (χ0) is 14.1. The monoisotopic (exact) mass is 264 g/mol. The Bertz CT molecular complexity index is 764. The second-order valence-electron chi connectivity index (χ2n) is 4.88. The van der Waals surface area contributed by atoms with E-state index in [1.54, 1.807) is 7.11 Å². The molecule has 0 atom stereocenters. The molecule has 0 radical (unpaired) electrons. The fraction of sp³-hybridized carbons (Fsp3) is 0.176. The molecular weight excluding hydrogens is 248 g/mol. The lowest BCUT2D eigenvalue weighted by molar-refractivity contribution is 0.415. The molecule has 0 unspecified atom stereocenters. The van der Waals surface area contributed by atoms with E-state index in [9.17, 15) is 0 Å².